The number of benzene rings is 1. The van der Waals surface area contributed by atoms with E-state index in [2.05, 4.69) is 20.0 Å². The standard InChI is InChI=1S/C13H11F2N3O2/c1-8-6-17-11(7-16-8)12(19)18-9-2-4-10(5-3-9)20-13(14)15/h2-7,13H,1H3,(H,18,19). The summed E-state index contributed by atoms with van der Waals surface area (Å²) >= 11 is 0. The van der Waals surface area contributed by atoms with Crippen LogP contribution < -0.4 is 10.1 Å². The number of carbonyl (C=O) groups excluding carboxylic acids is 1. The molecule has 7 heteroatoms. The second-order valence-electron chi connectivity index (χ2n) is 3.90. The summed E-state index contributed by atoms with van der Waals surface area (Å²) in [6.07, 6.45) is 2.84. The average molecular weight is 279 g/mol. The number of aryl methyl sites for hydroxylation is 1. The number of anilines is 1. The minimum absolute atomic E-state index is 0.0214. The molecule has 1 aromatic heterocycles. The van der Waals surface area contributed by atoms with Crippen LogP contribution in [0.15, 0.2) is 36.7 Å². The van der Waals surface area contributed by atoms with Crippen molar-refractivity contribution in [3.8, 4) is 5.75 Å². The monoisotopic (exact) mass is 279 g/mol. The second kappa shape index (κ2) is 6.05. The van der Waals surface area contributed by atoms with Crippen LogP contribution in [0.2, 0.25) is 0 Å². The Kier molecular flexibility index (Phi) is 4.19. The Hall–Kier alpha value is -2.57. The summed E-state index contributed by atoms with van der Waals surface area (Å²) in [5.74, 6) is -0.409. The van der Waals surface area contributed by atoms with E-state index >= 15 is 0 Å². The first-order valence-electron chi connectivity index (χ1n) is 5.69. The minimum atomic E-state index is -2.88. The lowest BCUT2D eigenvalue weighted by Gasteiger charge is -2.07. The van der Waals surface area contributed by atoms with E-state index < -0.39 is 12.5 Å². The molecule has 0 aliphatic heterocycles. The number of alkyl halides is 2. The molecule has 0 aliphatic carbocycles. The van der Waals surface area contributed by atoms with E-state index in [1.165, 1.54) is 36.7 Å². The molecule has 104 valence electrons. The molecule has 0 radical (unpaired) electrons. The van der Waals surface area contributed by atoms with Gasteiger partial charge in [-0.25, -0.2) is 4.98 Å². The quantitative estimate of drug-likeness (QED) is 0.934. The SMILES string of the molecule is Cc1cnc(C(=O)Nc2ccc(OC(F)F)cc2)cn1. The molecule has 0 saturated carbocycles. The van der Waals surface area contributed by atoms with Gasteiger partial charge in [0.2, 0.25) is 0 Å². The van der Waals surface area contributed by atoms with Crippen molar-refractivity contribution in [1.82, 2.24) is 9.97 Å². The molecular formula is C13H11F2N3O2. The predicted molar refractivity (Wildman–Crippen MR) is 67.8 cm³/mol. The number of nitrogens with one attached hydrogen (secondary N) is 1. The highest BCUT2D eigenvalue weighted by molar-refractivity contribution is 6.02. The van der Waals surface area contributed by atoms with Crippen LogP contribution in [0.25, 0.3) is 0 Å². The average Bonchev–Trinajstić information content (AvgIpc) is 2.41. The number of rotatable bonds is 4. The minimum Gasteiger partial charge on any atom is -0.435 e. The molecule has 2 aromatic rings. The molecule has 2 rings (SSSR count). The van der Waals surface area contributed by atoms with Crippen LogP contribution in [0.3, 0.4) is 0 Å². The van der Waals surface area contributed by atoms with Gasteiger partial charge in [0, 0.05) is 11.9 Å². The van der Waals surface area contributed by atoms with Gasteiger partial charge in [-0.05, 0) is 31.2 Å². The fourth-order valence-electron chi connectivity index (χ4n) is 1.42. The van der Waals surface area contributed by atoms with Gasteiger partial charge in [-0.15, -0.1) is 0 Å². The maximum Gasteiger partial charge on any atom is 0.387 e. The molecule has 0 spiro atoms. The van der Waals surface area contributed by atoms with Gasteiger partial charge < -0.3 is 10.1 Å². The van der Waals surface area contributed by atoms with Crippen molar-refractivity contribution in [2.24, 2.45) is 0 Å². The number of hydrogen-bond acceptors (Lipinski definition) is 4. The van der Waals surface area contributed by atoms with E-state index in [0.717, 1.165) is 0 Å². The highest BCUT2D eigenvalue weighted by Gasteiger charge is 2.08. The highest BCUT2D eigenvalue weighted by atomic mass is 19.3. The zero-order valence-electron chi connectivity index (χ0n) is 10.5. The van der Waals surface area contributed by atoms with Gasteiger partial charge in [0.1, 0.15) is 11.4 Å². The van der Waals surface area contributed by atoms with Gasteiger partial charge in [-0.1, -0.05) is 0 Å². The van der Waals surface area contributed by atoms with Gasteiger partial charge in [0.25, 0.3) is 5.91 Å². The number of amides is 1. The summed E-state index contributed by atoms with van der Waals surface area (Å²) in [4.78, 5) is 19.7. The topological polar surface area (TPSA) is 64.1 Å². The van der Waals surface area contributed by atoms with Crippen LogP contribution in [-0.2, 0) is 0 Å². The van der Waals surface area contributed by atoms with Gasteiger partial charge >= 0.3 is 6.61 Å². The van der Waals surface area contributed by atoms with Gasteiger partial charge in [-0.3, -0.25) is 9.78 Å². The highest BCUT2D eigenvalue weighted by Crippen LogP contribution is 2.18. The lowest BCUT2D eigenvalue weighted by atomic mass is 10.3. The predicted octanol–water partition coefficient (Wildman–Crippen LogP) is 2.64. The van der Waals surface area contributed by atoms with Crippen LogP contribution in [0, 0.1) is 6.92 Å². The molecule has 0 fully saturated rings. The summed E-state index contributed by atoms with van der Waals surface area (Å²) < 4.78 is 28.2. The summed E-state index contributed by atoms with van der Waals surface area (Å²) in [6, 6.07) is 5.58. The third-order valence-electron chi connectivity index (χ3n) is 2.35. The van der Waals surface area contributed by atoms with Crippen LogP contribution >= 0.6 is 0 Å². The zero-order valence-corrected chi connectivity index (χ0v) is 10.5. The van der Waals surface area contributed by atoms with Crippen LogP contribution in [0.5, 0.6) is 5.75 Å². The normalized spacial score (nSPS) is 10.4. The Bertz CT molecular complexity index is 586. The van der Waals surface area contributed by atoms with Crippen molar-refractivity contribution in [2.75, 3.05) is 5.32 Å². The van der Waals surface area contributed by atoms with Crippen molar-refractivity contribution in [1.29, 1.82) is 0 Å². The molecule has 0 saturated heterocycles. The van der Waals surface area contributed by atoms with Crippen molar-refractivity contribution in [3.63, 3.8) is 0 Å². The summed E-state index contributed by atoms with van der Waals surface area (Å²) in [5.41, 5.74) is 1.32. The Morgan fingerprint density at radius 2 is 1.90 bits per heavy atom. The van der Waals surface area contributed by atoms with Crippen molar-refractivity contribution >= 4 is 11.6 Å². The smallest absolute Gasteiger partial charge is 0.387 e. The molecule has 20 heavy (non-hydrogen) atoms. The van der Waals surface area contributed by atoms with Gasteiger partial charge in [0.05, 0.1) is 11.9 Å². The van der Waals surface area contributed by atoms with Crippen molar-refractivity contribution < 1.29 is 18.3 Å². The fraction of sp³-hybridized carbons (Fsp3) is 0.154. The molecule has 1 amide bonds. The Morgan fingerprint density at radius 3 is 2.45 bits per heavy atom. The first kappa shape index (κ1) is 13.9. The van der Waals surface area contributed by atoms with E-state index in [4.69, 9.17) is 0 Å². The molecule has 1 heterocycles. The second-order valence-corrected chi connectivity index (χ2v) is 3.90. The number of aromatic nitrogens is 2. The molecule has 0 unspecified atom stereocenters. The Morgan fingerprint density at radius 1 is 1.20 bits per heavy atom. The van der Waals surface area contributed by atoms with Crippen LogP contribution in [-0.4, -0.2) is 22.5 Å². The number of carbonyl (C=O) groups is 1. The van der Waals surface area contributed by atoms with E-state index in [9.17, 15) is 13.6 Å². The number of ether oxygens (including phenoxy) is 1. The number of nitrogens with zero attached hydrogens (tertiary/aromatic N) is 2. The van der Waals surface area contributed by atoms with Gasteiger partial charge in [-0.2, -0.15) is 8.78 Å². The van der Waals surface area contributed by atoms with E-state index in [-0.39, 0.29) is 11.4 Å². The molecule has 1 aromatic carbocycles. The third kappa shape index (κ3) is 3.71. The van der Waals surface area contributed by atoms with E-state index in [1.54, 1.807) is 6.92 Å². The Labute approximate surface area is 113 Å². The first-order chi connectivity index (χ1) is 9.54. The lowest BCUT2D eigenvalue weighted by Crippen LogP contribution is -2.14. The summed E-state index contributed by atoms with van der Waals surface area (Å²) in [5, 5.41) is 2.57. The maximum atomic E-state index is 12.0. The first-order valence-corrected chi connectivity index (χ1v) is 5.69. The van der Waals surface area contributed by atoms with Crippen LogP contribution in [0.4, 0.5) is 14.5 Å². The van der Waals surface area contributed by atoms with Crippen molar-refractivity contribution in [2.45, 2.75) is 13.5 Å². The summed E-state index contributed by atoms with van der Waals surface area (Å²) in [6.45, 7) is -1.12. The van der Waals surface area contributed by atoms with Crippen LogP contribution in [0.1, 0.15) is 16.2 Å². The molecule has 0 aliphatic rings. The third-order valence-corrected chi connectivity index (χ3v) is 2.35. The molecule has 1 N–H and O–H groups in total. The molecule has 0 atom stereocenters. The zero-order chi connectivity index (χ0) is 14.5. The van der Waals surface area contributed by atoms with Gasteiger partial charge in [0.15, 0.2) is 0 Å². The molecular weight excluding hydrogens is 268 g/mol. The largest absolute Gasteiger partial charge is 0.435 e. The molecule has 5 nitrogen and oxygen atoms in total. The maximum absolute atomic E-state index is 12.0. The number of hydrogen-bond donors (Lipinski definition) is 1. The summed E-state index contributed by atoms with van der Waals surface area (Å²) in [7, 11) is 0. The molecule has 0 bridgehead atoms. The fourth-order valence-corrected chi connectivity index (χ4v) is 1.42. The van der Waals surface area contributed by atoms with E-state index in [1.807, 2.05) is 0 Å². The Balaban J connectivity index is 2.02. The van der Waals surface area contributed by atoms with Crippen molar-refractivity contribution in [3.05, 3.63) is 48.0 Å². The lowest BCUT2D eigenvalue weighted by molar-refractivity contribution is -0.0498. The van der Waals surface area contributed by atoms with E-state index in [0.29, 0.717) is 11.4 Å². The number of halogens is 2.